The van der Waals surface area contributed by atoms with E-state index >= 15 is 0 Å². The third kappa shape index (κ3) is 2.06. The molecular weight excluding hydrogens is 234 g/mol. The van der Waals surface area contributed by atoms with Gasteiger partial charge in [-0.3, -0.25) is 4.98 Å². The number of ether oxygens (including phenoxy) is 1. The minimum atomic E-state index is -1.12. The molecule has 3 nitrogen and oxygen atoms in total. The molecule has 0 aliphatic heterocycles. The number of aromatic nitrogens is 1. The maximum Gasteiger partial charge on any atom is 0.143 e. The average Bonchev–Trinajstić information content (AvgIpc) is 2.76. The van der Waals surface area contributed by atoms with Crippen molar-refractivity contribution >= 4 is 11.3 Å². The van der Waals surface area contributed by atoms with Gasteiger partial charge in [0.25, 0.3) is 0 Å². The molecule has 1 atom stereocenters. The Hall–Kier alpha value is -1.39. The highest BCUT2D eigenvalue weighted by Gasteiger charge is 2.32. The maximum absolute atomic E-state index is 10.7. The summed E-state index contributed by atoms with van der Waals surface area (Å²) in [5.74, 6) is 0.602. The van der Waals surface area contributed by atoms with Gasteiger partial charge in [0.1, 0.15) is 17.0 Å². The van der Waals surface area contributed by atoms with Crippen LogP contribution in [0.5, 0.6) is 5.75 Å². The molecule has 0 aliphatic rings. The molecule has 0 bridgehead atoms. The quantitative estimate of drug-likeness (QED) is 0.909. The van der Waals surface area contributed by atoms with Crippen molar-refractivity contribution in [2.75, 3.05) is 7.11 Å². The predicted octanol–water partition coefficient (Wildman–Crippen LogP) is 2.72. The lowest BCUT2D eigenvalue weighted by atomic mass is 9.96. The number of nitrogens with zero attached hydrogens (tertiary/aromatic N) is 1. The summed E-state index contributed by atoms with van der Waals surface area (Å²) in [6, 6.07) is 5.59. The second kappa shape index (κ2) is 4.47. The van der Waals surface area contributed by atoms with Gasteiger partial charge in [0.15, 0.2) is 0 Å². The van der Waals surface area contributed by atoms with Gasteiger partial charge >= 0.3 is 0 Å². The van der Waals surface area contributed by atoms with Crippen LogP contribution in [0.25, 0.3) is 0 Å². The summed E-state index contributed by atoms with van der Waals surface area (Å²) in [7, 11) is 1.58. The molecule has 0 amide bonds. The number of pyridine rings is 1. The average molecular weight is 249 g/mol. The number of aryl methyl sites for hydroxylation is 1. The minimum Gasteiger partial charge on any atom is -0.495 e. The Balaban J connectivity index is 2.55. The van der Waals surface area contributed by atoms with Crippen LogP contribution in [0.1, 0.15) is 23.1 Å². The van der Waals surface area contributed by atoms with Crippen LogP contribution in [-0.4, -0.2) is 17.2 Å². The zero-order valence-corrected chi connectivity index (χ0v) is 10.9. The molecule has 1 N–H and O–H groups in total. The first-order valence-electron chi connectivity index (χ1n) is 5.33. The lowest BCUT2D eigenvalue weighted by molar-refractivity contribution is 0.0971. The van der Waals surface area contributed by atoms with E-state index in [9.17, 15) is 5.11 Å². The van der Waals surface area contributed by atoms with Crippen molar-refractivity contribution in [2.45, 2.75) is 19.4 Å². The molecule has 0 spiro atoms. The highest BCUT2D eigenvalue weighted by Crippen LogP contribution is 2.37. The van der Waals surface area contributed by atoms with Crippen LogP contribution in [0, 0.1) is 6.92 Å². The topological polar surface area (TPSA) is 42.4 Å². The first-order valence-corrected chi connectivity index (χ1v) is 6.21. The normalized spacial score (nSPS) is 14.4. The van der Waals surface area contributed by atoms with Crippen molar-refractivity contribution in [3.63, 3.8) is 0 Å². The number of aliphatic hydroxyl groups is 1. The van der Waals surface area contributed by atoms with Gasteiger partial charge in [-0.25, -0.2) is 0 Å². The molecule has 2 aromatic heterocycles. The summed E-state index contributed by atoms with van der Waals surface area (Å²) in [6.07, 6.45) is 1.66. The second-order valence-electron chi connectivity index (χ2n) is 4.06. The molecular formula is C13H15NO2S. The van der Waals surface area contributed by atoms with Crippen LogP contribution in [0.15, 0.2) is 29.8 Å². The van der Waals surface area contributed by atoms with Gasteiger partial charge in [0.2, 0.25) is 0 Å². The largest absolute Gasteiger partial charge is 0.495 e. The molecule has 0 saturated carbocycles. The summed E-state index contributed by atoms with van der Waals surface area (Å²) in [6.45, 7) is 3.73. The van der Waals surface area contributed by atoms with E-state index in [2.05, 4.69) is 4.98 Å². The van der Waals surface area contributed by atoms with E-state index in [1.54, 1.807) is 32.4 Å². The molecule has 4 heteroatoms. The molecule has 17 heavy (non-hydrogen) atoms. The molecule has 2 heterocycles. The van der Waals surface area contributed by atoms with Gasteiger partial charge in [-0.05, 0) is 43.0 Å². The van der Waals surface area contributed by atoms with E-state index in [0.717, 1.165) is 10.4 Å². The van der Waals surface area contributed by atoms with Crippen LogP contribution in [0.2, 0.25) is 0 Å². The molecule has 0 fully saturated rings. The minimum absolute atomic E-state index is 0.549. The fourth-order valence-electron chi connectivity index (χ4n) is 1.90. The van der Waals surface area contributed by atoms with Gasteiger partial charge in [0.05, 0.1) is 7.11 Å². The Labute approximate surface area is 105 Å². The van der Waals surface area contributed by atoms with Crippen LogP contribution in [0.3, 0.4) is 0 Å². The summed E-state index contributed by atoms with van der Waals surface area (Å²) >= 11 is 1.52. The van der Waals surface area contributed by atoms with Crippen molar-refractivity contribution in [3.05, 3.63) is 45.9 Å². The molecule has 1 unspecified atom stereocenters. The Morgan fingerprint density at radius 2 is 2.18 bits per heavy atom. The monoisotopic (exact) mass is 249 g/mol. The fraction of sp³-hybridized carbons (Fsp3) is 0.308. The summed E-state index contributed by atoms with van der Waals surface area (Å²) < 4.78 is 5.25. The van der Waals surface area contributed by atoms with E-state index in [-0.39, 0.29) is 0 Å². The van der Waals surface area contributed by atoms with Crippen LogP contribution >= 0.6 is 11.3 Å². The van der Waals surface area contributed by atoms with E-state index in [1.165, 1.54) is 11.3 Å². The van der Waals surface area contributed by atoms with Gasteiger partial charge in [-0.1, -0.05) is 0 Å². The van der Waals surface area contributed by atoms with E-state index in [1.807, 2.05) is 18.4 Å². The van der Waals surface area contributed by atoms with Gasteiger partial charge in [-0.15, -0.1) is 11.3 Å². The predicted molar refractivity (Wildman–Crippen MR) is 68.5 cm³/mol. The Morgan fingerprint density at radius 3 is 2.76 bits per heavy atom. The first kappa shape index (κ1) is 12.1. The molecule has 90 valence electrons. The first-order chi connectivity index (χ1) is 8.07. The smallest absolute Gasteiger partial charge is 0.143 e. The molecule has 0 radical (unpaired) electrons. The standard InChI is InChI=1S/C13H15NO2S/c1-9-6-8-17-12(9)13(2,15)11-10(16-3)5-4-7-14-11/h4-8,15H,1-3H3. The highest BCUT2D eigenvalue weighted by atomic mass is 32.1. The molecule has 2 aromatic rings. The van der Waals surface area contributed by atoms with E-state index in [0.29, 0.717) is 11.4 Å². The van der Waals surface area contributed by atoms with Gasteiger partial charge in [0, 0.05) is 11.1 Å². The lowest BCUT2D eigenvalue weighted by Gasteiger charge is -2.24. The van der Waals surface area contributed by atoms with Gasteiger partial charge in [-0.2, -0.15) is 0 Å². The van der Waals surface area contributed by atoms with Crippen molar-refractivity contribution in [2.24, 2.45) is 0 Å². The Kier molecular flexibility index (Phi) is 3.17. The van der Waals surface area contributed by atoms with Crippen molar-refractivity contribution < 1.29 is 9.84 Å². The molecule has 0 saturated heterocycles. The third-order valence-electron chi connectivity index (χ3n) is 2.76. The van der Waals surface area contributed by atoms with Crippen molar-refractivity contribution in [3.8, 4) is 5.75 Å². The van der Waals surface area contributed by atoms with Crippen LogP contribution in [-0.2, 0) is 5.60 Å². The number of thiophene rings is 1. The van der Waals surface area contributed by atoms with Crippen LogP contribution in [0.4, 0.5) is 0 Å². The number of hydrogen-bond acceptors (Lipinski definition) is 4. The molecule has 0 aromatic carbocycles. The fourth-order valence-corrected chi connectivity index (χ4v) is 2.89. The molecule has 2 rings (SSSR count). The van der Waals surface area contributed by atoms with Crippen LogP contribution < -0.4 is 4.74 Å². The third-order valence-corrected chi connectivity index (χ3v) is 3.98. The van der Waals surface area contributed by atoms with Gasteiger partial charge < -0.3 is 9.84 Å². The SMILES string of the molecule is COc1cccnc1C(C)(O)c1sccc1C. The number of hydrogen-bond donors (Lipinski definition) is 1. The Bertz CT molecular complexity index is 520. The van der Waals surface area contributed by atoms with Crippen molar-refractivity contribution in [1.82, 2.24) is 4.98 Å². The van der Waals surface area contributed by atoms with Crippen molar-refractivity contribution in [1.29, 1.82) is 0 Å². The lowest BCUT2D eigenvalue weighted by Crippen LogP contribution is -2.24. The zero-order chi connectivity index (χ0) is 12.5. The number of rotatable bonds is 3. The number of methoxy groups -OCH3 is 1. The van der Waals surface area contributed by atoms with E-state index < -0.39 is 5.60 Å². The second-order valence-corrected chi connectivity index (χ2v) is 4.98. The van der Waals surface area contributed by atoms with E-state index in [4.69, 9.17) is 4.74 Å². The summed E-state index contributed by atoms with van der Waals surface area (Å²) in [5, 5.41) is 12.7. The maximum atomic E-state index is 10.7. The summed E-state index contributed by atoms with van der Waals surface area (Å²) in [4.78, 5) is 5.15. The summed E-state index contributed by atoms with van der Waals surface area (Å²) in [5.41, 5.74) is 0.492. The highest BCUT2D eigenvalue weighted by molar-refractivity contribution is 7.10. The molecule has 0 aliphatic carbocycles. The Morgan fingerprint density at radius 1 is 1.41 bits per heavy atom. The zero-order valence-electron chi connectivity index (χ0n) is 10.1.